The fraction of sp³-hybridized carbons (Fsp3) is 0.0769. The minimum Gasteiger partial charge on any atom is -0.345 e. The zero-order valence-electron chi connectivity index (χ0n) is 25.0. The third-order valence-electron chi connectivity index (χ3n) is 8.55. The average molecular weight is 645 g/mol. The predicted octanol–water partition coefficient (Wildman–Crippen LogP) is 13.0. The smallest absolute Gasteiger partial charge is 0.345 e. The third kappa shape index (κ3) is 4.96. The number of nitrogens with zero attached hydrogens (tertiary/aromatic N) is 2. The molecule has 0 aliphatic heterocycles. The standard InChI is InChI=1S/C39H27F3N2S2/c1-24-8-16-31-33-18-14-29(22-37(33)45-35(31)20-24)44(27-6-4-3-5-7-27)30-15-19-34-32-17-13-28(21-36(32)46-38(34)23-30)43(2)26-11-9-25(10-12-26)39(40,41)42/h3-23H,1-2H3. The lowest BCUT2D eigenvalue weighted by Crippen LogP contribution is -2.10. The lowest BCUT2D eigenvalue weighted by atomic mass is 10.1. The molecular formula is C39H27F3N2S2. The molecule has 0 spiro atoms. The maximum absolute atomic E-state index is 13.1. The van der Waals surface area contributed by atoms with Crippen molar-refractivity contribution >= 4 is 91.5 Å². The van der Waals surface area contributed by atoms with Crippen LogP contribution in [-0.4, -0.2) is 7.05 Å². The lowest BCUT2D eigenvalue weighted by molar-refractivity contribution is -0.137. The van der Waals surface area contributed by atoms with E-state index in [1.807, 2.05) is 35.4 Å². The molecule has 2 aromatic heterocycles. The highest BCUT2D eigenvalue weighted by molar-refractivity contribution is 7.26. The topological polar surface area (TPSA) is 6.48 Å². The van der Waals surface area contributed by atoms with Gasteiger partial charge in [-0.1, -0.05) is 48.5 Å². The summed E-state index contributed by atoms with van der Waals surface area (Å²) in [6, 6.07) is 42.0. The van der Waals surface area contributed by atoms with Gasteiger partial charge in [-0.25, -0.2) is 0 Å². The molecule has 0 fully saturated rings. The SMILES string of the molecule is Cc1ccc2c(c1)sc1cc(N(c3ccccc3)c3ccc4c(c3)sc3cc(N(C)c5ccc(C(F)(F)F)cc5)ccc34)ccc12. The number of anilines is 5. The van der Waals surface area contributed by atoms with Crippen LogP contribution in [-0.2, 0) is 6.18 Å². The Morgan fingerprint density at radius 1 is 0.478 bits per heavy atom. The van der Waals surface area contributed by atoms with Crippen LogP contribution in [0.1, 0.15) is 11.1 Å². The molecule has 6 aromatic carbocycles. The minimum absolute atomic E-state index is 0.649. The number of halogens is 3. The quantitative estimate of drug-likeness (QED) is 0.184. The summed E-state index contributed by atoms with van der Waals surface area (Å²) < 4.78 is 44.1. The van der Waals surface area contributed by atoms with Crippen molar-refractivity contribution < 1.29 is 13.2 Å². The van der Waals surface area contributed by atoms with E-state index in [2.05, 4.69) is 103 Å². The summed E-state index contributed by atoms with van der Waals surface area (Å²) in [5, 5.41) is 4.90. The molecule has 2 heterocycles. The van der Waals surface area contributed by atoms with E-state index in [9.17, 15) is 13.2 Å². The van der Waals surface area contributed by atoms with Gasteiger partial charge in [-0.2, -0.15) is 13.2 Å². The Hall–Kier alpha value is -4.85. The maximum Gasteiger partial charge on any atom is 0.416 e. The fourth-order valence-corrected chi connectivity index (χ4v) is 8.57. The molecule has 0 unspecified atom stereocenters. The summed E-state index contributed by atoms with van der Waals surface area (Å²) in [6.07, 6.45) is -4.35. The van der Waals surface area contributed by atoms with Crippen molar-refractivity contribution in [3.05, 3.63) is 139 Å². The van der Waals surface area contributed by atoms with Gasteiger partial charge in [0.1, 0.15) is 0 Å². The van der Waals surface area contributed by atoms with Gasteiger partial charge in [0.05, 0.1) is 5.56 Å². The molecule has 0 saturated carbocycles. The molecule has 46 heavy (non-hydrogen) atoms. The molecule has 0 saturated heterocycles. The van der Waals surface area contributed by atoms with E-state index >= 15 is 0 Å². The Labute approximate surface area is 272 Å². The van der Waals surface area contributed by atoms with E-state index in [0.717, 1.165) is 45.0 Å². The zero-order valence-corrected chi connectivity index (χ0v) is 26.6. The van der Waals surface area contributed by atoms with Crippen LogP contribution in [0.5, 0.6) is 0 Å². The number of benzene rings is 6. The highest BCUT2D eigenvalue weighted by atomic mass is 32.1. The second kappa shape index (κ2) is 10.9. The molecule has 0 amide bonds. The van der Waals surface area contributed by atoms with E-state index < -0.39 is 11.7 Å². The highest BCUT2D eigenvalue weighted by Gasteiger charge is 2.30. The van der Waals surface area contributed by atoms with Crippen LogP contribution in [0.3, 0.4) is 0 Å². The van der Waals surface area contributed by atoms with Crippen molar-refractivity contribution in [1.29, 1.82) is 0 Å². The summed E-state index contributed by atoms with van der Waals surface area (Å²) in [6.45, 7) is 2.13. The number of hydrogen-bond donors (Lipinski definition) is 0. The van der Waals surface area contributed by atoms with E-state index in [1.54, 1.807) is 11.3 Å². The van der Waals surface area contributed by atoms with Gasteiger partial charge >= 0.3 is 6.18 Å². The molecule has 0 aliphatic carbocycles. The van der Waals surface area contributed by atoms with Gasteiger partial charge in [-0.3, -0.25) is 0 Å². The molecule has 2 nitrogen and oxygen atoms in total. The van der Waals surface area contributed by atoms with Gasteiger partial charge < -0.3 is 9.80 Å². The van der Waals surface area contributed by atoms with Crippen LogP contribution >= 0.6 is 22.7 Å². The van der Waals surface area contributed by atoms with Gasteiger partial charge in [-0.05, 0) is 91.3 Å². The Kier molecular flexibility index (Phi) is 6.78. The van der Waals surface area contributed by atoms with Crippen LogP contribution in [0.25, 0.3) is 40.3 Å². The molecular weight excluding hydrogens is 618 g/mol. The number of rotatable bonds is 5. The van der Waals surface area contributed by atoms with Crippen molar-refractivity contribution in [3.8, 4) is 0 Å². The van der Waals surface area contributed by atoms with Crippen molar-refractivity contribution in [2.45, 2.75) is 13.1 Å². The van der Waals surface area contributed by atoms with Crippen LogP contribution < -0.4 is 9.80 Å². The average Bonchev–Trinajstić information content (AvgIpc) is 3.61. The highest BCUT2D eigenvalue weighted by Crippen LogP contribution is 2.44. The van der Waals surface area contributed by atoms with Crippen molar-refractivity contribution in [2.75, 3.05) is 16.8 Å². The summed E-state index contributed by atoms with van der Waals surface area (Å²) in [5.41, 5.74) is 5.48. The Morgan fingerprint density at radius 3 is 1.48 bits per heavy atom. The second-order valence-corrected chi connectivity index (χ2v) is 13.7. The molecule has 7 heteroatoms. The molecule has 0 N–H and O–H groups in total. The number of para-hydroxylation sites is 1. The number of fused-ring (bicyclic) bond motifs is 6. The largest absolute Gasteiger partial charge is 0.416 e. The monoisotopic (exact) mass is 644 g/mol. The van der Waals surface area contributed by atoms with E-state index in [1.165, 1.54) is 48.0 Å². The number of aryl methyl sites for hydroxylation is 1. The van der Waals surface area contributed by atoms with Crippen molar-refractivity contribution in [2.24, 2.45) is 0 Å². The molecule has 0 bridgehead atoms. The zero-order chi connectivity index (χ0) is 31.6. The van der Waals surface area contributed by atoms with Crippen LogP contribution in [0.2, 0.25) is 0 Å². The normalized spacial score (nSPS) is 12.0. The van der Waals surface area contributed by atoms with Gasteiger partial charge in [0, 0.05) is 75.8 Å². The van der Waals surface area contributed by atoms with Crippen molar-refractivity contribution in [1.82, 2.24) is 0 Å². The first-order valence-corrected chi connectivity index (χ1v) is 16.5. The first-order chi connectivity index (χ1) is 22.2. The molecule has 226 valence electrons. The van der Waals surface area contributed by atoms with Gasteiger partial charge in [-0.15, -0.1) is 22.7 Å². The molecule has 0 radical (unpaired) electrons. The summed E-state index contributed by atoms with van der Waals surface area (Å²) in [7, 11) is 1.88. The molecule has 0 atom stereocenters. The number of alkyl halides is 3. The van der Waals surface area contributed by atoms with E-state index in [4.69, 9.17) is 0 Å². The first kappa shape index (κ1) is 28.6. The van der Waals surface area contributed by atoms with Crippen LogP contribution in [0, 0.1) is 6.92 Å². The van der Waals surface area contributed by atoms with Gasteiger partial charge in [0.25, 0.3) is 0 Å². The summed E-state index contributed by atoms with van der Waals surface area (Å²) in [5.74, 6) is 0. The Balaban J connectivity index is 1.19. The number of hydrogen-bond acceptors (Lipinski definition) is 4. The van der Waals surface area contributed by atoms with E-state index in [-0.39, 0.29) is 0 Å². The second-order valence-electron chi connectivity index (χ2n) is 11.5. The fourth-order valence-electron chi connectivity index (χ4n) is 6.16. The Morgan fingerprint density at radius 2 is 0.935 bits per heavy atom. The molecule has 8 aromatic rings. The van der Waals surface area contributed by atoms with Gasteiger partial charge in [0.15, 0.2) is 0 Å². The van der Waals surface area contributed by atoms with Gasteiger partial charge in [0.2, 0.25) is 0 Å². The lowest BCUT2D eigenvalue weighted by Gasteiger charge is -2.25. The maximum atomic E-state index is 13.1. The minimum atomic E-state index is -4.35. The van der Waals surface area contributed by atoms with Crippen LogP contribution in [0.15, 0.2) is 127 Å². The summed E-state index contributed by atoms with van der Waals surface area (Å²) >= 11 is 3.55. The first-order valence-electron chi connectivity index (χ1n) is 14.9. The van der Waals surface area contributed by atoms with Crippen LogP contribution in [0.4, 0.5) is 41.6 Å². The number of thiophene rings is 2. The molecule has 0 aliphatic rings. The Bertz CT molecular complexity index is 2390. The predicted molar refractivity (Wildman–Crippen MR) is 191 cm³/mol. The van der Waals surface area contributed by atoms with E-state index in [0.29, 0.717) is 5.69 Å². The third-order valence-corrected chi connectivity index (χ3v) is 10.8. The van der Waals surface area contributed by atoms with Crippen molar-refractivity contribution in [3.63, 3.8) is 0 Å². The summed E-state index contributed by atoms with van der Waals surface area (Å²) in [4.78, 5) is 4.22. The molecule has 8 rings (SSSR count).